The van der Waals surface area contributed by atoms with Crippen molar-refractivity contribution in [2.24, 2.45) is 0 Å². The summed E-state index contributed by atoms with van der Waals surface area (Å²) < 4.78 is 5.83. The van der Waals surface area contributed by atoms with Crippen LogP contribution in [0.3, 0.4) is 0 Å². The quantitative estimate of drug-likeness (QED) is 0.653. The predicted octanol–water partition coefficient (Wildman–Crippen LogP) is 3.86. The summed E-state index contributed by atoms with van der Waals surface area (Å²) in [5.41, 5.74) is 2.20. The molecule has 0 aromatic heterocycles. The topological polar surface area (TPSA) is 73.6 Å². The van der Waals surface area contributed by atoms with Crippen molar-refractivity contribution in [2.75, 3.05) is 25.9 Å². The molecule has 164 valence electrons. The normalized spacial score (nSPS) is 19.5. The van der Waals surface area contributed by atoms with Crippen molar-refractivity contribution >= 4 is 23.6 Å². The number of hydrogen-bond donors (Lipinski definition) is 0. The fraction of sp³-hybridized carbons (Fsp3) is 0.320. The van der Waals surface area contributed by atoms with Crippen LogP contribution < -0.4 is 0 Å². The van der Waals surface area contributed by atoms with Gasteiger partial charge in [-0.25, -0.2) is 0 Å². The zero-order chi connectivity index (χ0) is 22.7. The number of rotatable bonds is 4. The number of fused-ring (bicyclic) bond motifs is 1. The molecule has 0 unspecified atom stereocenters. The second kappa shape index (κ2) is 9.09. The predicted molar refractivity (Wildman–Crippen MR) is 124 cm³/mol. The largest absolute Gasteiger partial charge is 0.454 e. The number of likely N-dealkylation sites (tertiary alicyclic amines) is 1. The number of carbonyl (C=O) groups excluding carboxylic acids is 2. The third-order valence-corrected chi connectivity index (χ3v) is 6.94. The molecule has 1 aromatic carbocycles. The molecular formula is C25H25N3O3S. The molecule has 7 heteroatoms. The number of ether oxygens (including phenoxy) is 1. The minimum absolute atomic E-state index is 0.0914. The van der Waals surface area contributed by atoms with Crippen molar-refractivity contribution in [3.8, 4) is 6.07 Å². The van der Waals surface area contributed by atoms with Gasteiger partial charge in [-0.2, -0.15) is 5.26 Å². The molecule has 1 saturated heterocycles. The molecule has 3 aliphatic rings. The summed E-state index contributed by atoms with van der Waals surface area (Å²) in [6.07, 6.45) is 10.6. The molecule has 1 amide bonds. The summed E-state index contributed by atoms with van der Waals surface area (Å²) in [5, 5.41) is 9.69. The number of piperidine rings is 1. The van der Waals surface area contributed by atoms with E-state index in [-0.39, 0.29) is 11.9 Å². The number of thioether (sulfide) groups is 1. The molecule has 0 saturated carbocycles. The molecule has 4 rings (SSSR count). The molecule has 6 nitrogen and oxygen atoms in total. The minimum atomic E-state index is -0.732. The number of carbonyl (C=O) groups is 2. The highest BCUT2D eigenvalue weighted by molar-refractivity contribution is 8.02. The van der Waals surface area contributed by atoms with Gasteiger partial charge in [-0.1, -0.05) is 36.4 Å². The van der Waals surface area contributed by atoms with Gasteiger partial charge in [0.2, 0.25) is 0 Å². The number of amides is 1. The Labute approximate surface area is 192 Å². The summed E-state index contributed by atoms with van der Waals surface area (Å²) in [6.45, 7) is 2.80. The maximum Gasteiger partial charge on any atom is 0.303 e. The van der Waals surface area contributed by atoms with Crippen molar-refractivity contribution < 1.29 is 14.3 Å². The number of benzene rings is 1. The van der Waals surface area contributed by atoms with E-state index >= 15 is 0 Å². The van der Waals surface area contributed by atoms with Crippen LogP contribution in [0.25, 0.3) is 0 Å². The van der Waals surface area contributed by atoms with Crippen LogP contribution in [0.15, 0.2) is 76.5 Å². The number of hydrogen-bond acceptors (Lipinski definition) is 6. The standard InChI is InChI=1S/C25H25N3O3S/c1-18(29)31-25(20-8-4-3-5-9-20)11-14-27(15-12-25)24(30)22-21-10-6-7-13-28(21)17-19(16-26)23(22)32-2/h3-10,13H,11-12,14-15,17H2,1-2H3. The number of nitrogens with zero attached hydrogens (tertiary/aromatic N) is 3. The van der Waals surface area contributed by atoms with Crippen molar-refractivity contribution in [3.63, 3.8) is 0 Å². The zero-order valence-corrected chi connectivity index (χ0v) is 19.0. The van der Waals surface area contributed by atoms with Gasteiger partial charge in [-0.05, 0) is 24.0 Å². The molecule has 0 N–H and O–H groups in total. The van der Waals surface area contributed by atoms with Gasteiger partial charge in [0.05, 0.1) is 29.5 Å². The molecule has 0 bridgehead atoms. The molecule has 1 fully saturated rings. The van der Waals surface area contributed by atoms with E-state index in [4.69, 9.17) is 4.74 Å². The maximum absolute atomic E-state index is 13.7. The summed E-state index contributed by atoms with van der Waals surface area (Å²) in [6, 6.07) is 12.0. The van der Waals surface area contributed by atoms with Gasteiger partial charge in [0.1, 0.15) is 5.60 Å². The van der Waals surface area contributed by atoms with Crippen LogP contribution in [0.5, 0.6) is 0 Å². The SMILES string of the molecule is CSC1=C(C#N)CN2C=CC=CC2=C1C(=O)N1CCC(OC(C)=O)(c2ccccc2)CC1. The summed E-state index contributed by atoms with van der Waals surface area (Å²) >= 11 is 1.44. The van der Waals surface area contributed by atoms with E-state index in [1.54, 1.807) is 0 Å². The molecule has 3 heterocycles. The summed E-state index contributed by atoms with van der Waals surface area (Å²) in [5.74, 6) is -0.418. The lowest BCUT2D eigenvalue weighted by Gasteiger charge is -2.42. The van der Waals surface area contributed by atoms with Crippen molar-refractivity contribution in [1.29, 1.82) is 5.26 Å². The first-order chi connectivity index (χ1) is 15.5. The van der Waals surface area contributed by atoms with Crippen LogP contribution in [0.1, 0.15) is 25.3 Å². The van der Waals surface area contributed by atoms with Crippen molar-refractivity contribution in [2.45, 2.75) is 25.4 Å². The monoisotopic (exact) mass is 447 g/mol. The second-order valence-electron chi connectivity index (χ2n) is 7.96. The van der Waals surface area contributed by atoms with Crippen LogP contribution >= 0.6 is 11.8 Å². The van der Waals surface area contributed by atoms with Gasteiger partial charge >= 0.3 is 5.97 Å². The van der Waals surface area contributed by atoms with Gasteiger partial charge in [-0.15, -0.1) is 11.8 Å². The zero-order valence-electron chi connectivity index (χ0n) is 18.2. The first-order valence-corrected chi connectivity index (χ1v) is 11.8. The lowest BCUT2D eigenvalue weighted by Crippen LogP contribution is -2.48. The molecule has 1 aromatic rings. The Morgan fingerprint density at radius 3 is 2.50 bits per heavy atom. The Kier molecular flexibility index (Phi) is 6.24. The van der Waals surface area contributed by atoms with Gasteiger partial charge < -0.3 is 14.5 Å². The van der Waals surface area contributed by atoms with Gasteiger partial charge in [0.25, 0.3) is 5.91 Å². The third-order valence-electron chi connectivity index (χ3n) is 6.08. The fourth-order valence-electron chi connectivity index (χ4n) is 4.56. The molecule has 32 heavy (non-hydrogen) atoms. The molecule has 0 radical (unpaired) electrons. The van der Waals surface area contributed by atoms with Crippen LogP contribution in [0.4, 0.5) is 0 Å². The van der Waals surface area contributed by atoms with E-state index < -0.39 is 5.60 Å². The van der Waals surface area contributed by atoms with E-state index in [0.717, 1.165) is 16.2 Å². The number of allylic oxidation sites excluding steroid dienone is 3. The highest BCUT2D eigenvalue weighted by Gasteiger charge is 2.42. The molecule has 3 aliphatic heterocycles. The average Bonchev–Trinajstić information content (AvgIpc) is 2.83. The van der Waals surface area contributed by atoms with Crippen LogP contribution in [0.2, 0.25) is 0 Å². The van der Waals surface area contributed by atoms with E-state index in [2.05, 4.69) is 6.07 Å². The highest BCUT2D eigenvalue weighted by Crippen LogP contribution is 2.40. The van der Waals surface area contributed by atoms with E-state index in [0.29, 0.717) is 43.6 Å². The lowest BCUT2D eigenvalue weighted by atomic mass is 9.83. The molecular weight excluding hydrogens is 422 g/mol. The van der Waals surface area contributed by atoms with Gasteiger partial charge in [0, 0.05) is 44.0 Å². The third kappa shape index (κ3) is 3.98. The van der Waals surface area contributed by atoms with Crippen LogP contribution in [-0.4, -0.2) is 47.6 Å². The van der Waals surface area contributed by atoms with E-state index in [1.807, 2.05) is 70.8 Å². The van der Waals surface area contributed by atoms with E-state index in [1.165, 1.54) is 18.7 Å². The Morgan fingerprint density at radius 1 is 1.16 bits per heavy atom. The fourth-order valence-corrected chi connectivity index (χ4v) is 5.32. The van der Waals surface area contributed by atoms with Crippen molar-refractivity contribution in [3.05, 3.63) is 82.1 Å². The van der Waals surface area contributed by atoms with Crippen LogP contribution in [0, 0.1) is 11.3 Å². The van der Waals surface area contributed by atoms with Crippen molar-refractivity contribution in [1.82, 2.24) is 9.80 Å². The first-order valence-electron chi connectivity index (χ1n) is 10.6. The van der Waals surface area contributed by atoms with E-state index in [9.17, 15) is 14.9 Å². The Hall–Kier alpha value is -3.24. The number of nitriles is 1. The van der Waals surface area contributed by atoms with Gasteiger partial charge in [-0.3, -0.25) is 9.59 Å². The van der Waals surface area contributed by atoms with Gasteiger partial charge in [0.15, 0.2) is 0 Å². The molecule has 0 atom stereocenters. The molecule has 0 spiro atoms. The smallest absolute Gasteiger partial charge is 0.303 e. The lowest BCUT2D eigenvalue weighted by molar-refractivity contribution is -0.165. The summed E-state index contributed by atoms with van der Waals surface area (Å²) in [4.78, 5) is 30.1. The highest BCUT2D eigenvalue weighted by atomic mass is 32.2. The molecule has 0 aliphatic carbocycles. The second-order valence-corrected chi connectivity index (χ2v) is 8.78. The Balaban J connectivity index is 1.64. The summed E-state index contributed by atoms with van der Waals surface area (Å²) in [7, 11) is 0. The maximum atomic E-state index is 13.7. The minimum Gasteiger partial charge on any atom is -0.454 e. The Morgan fingerprint density at radius 2 is 1.88 bits per heavy atom. The van der Waals surface area contributed by atoms with Crippen LogP contribution in [-0.2, 0) is 19.9 Å². The Bertz CT molecular complexity index is 1090. The average molecular weight is 448 g/mol. The first kappa shape index (κ1) is 22.0. The number of esters is 1.